The fourth-order valence-corrected chi connectivity index (χ4v) is 1.64. The standard InChI is InChI=1S/C12H10F2N2O/c1-7-6-8(2)16(15-7)12(17)11-9(13)4-3-5-10(11)14/h3-6H,1-2H3. The highest BCUT2D eigenvalue weighted by Crippen LogP contribution is 2.15. The first kappa shape index (κ1) is 11.4. The largest absolute Gasteiger partial charge is 0.284 e. The predicted octanol–water partition coefficient (Wildman–Crippen LogP) is 2.47. The molecule has 17 heavy (non-hydrogen) atoms. The molecule has 2 aromatic rings. The van der Waals surface area contributed by atoms with Gasteiger partial charge in [0, 0.05) is 5.69 Å². The first-order valence-electron chi connectivity index (χ1n) is 5.02. The van der Waals surface area contributed by atoms with Crippen LogP contribution in [-0.2, 0) is 0 Å². The number of rotatable bonds is 1. The van der Waals surface area contributed by atoms with E-state index in [2.05, 4.69) is 5.10 Å². The van der Waals surface area contributed by atoms with Gasteiger partial charge in [-0.2, -0.15) is 5.10 Å². The third-order valence-electron chi connectivity index (χ3n) is 2.38. The summed E-state index contributed by atoms with van der Waals surface area (Å²) in [7, 11) is 0. The van der Waals surface area contributed by atoms with E-state index >= 15 is 0 Å². The zero-order valence-corrected chi connectivity index (χ0v) is 9.37. The summed E-state index contributed by atoms with van der Waals surface area (Å²) in [5.41, 5.74) is 0.571. The van der Waals surface area contributed by atoms with E-state index in [9.17, 15) is 13.6 Å². The van der Waals surface area contributed by atoms with Crippen LogP contribution in [0, 0.1) is 25.5 Å². The van der Waals surface area contributed by atoms with Gasteiger partial charge in [0.25, 0.3) is 5.91 Å². The molecule has 3 nitrogen and oxygen atoms in total. The SMILES string of the molecule is Cc1cc(C)n(C(=O)c2c(F)cccc2F)n1. The van der Waals surface area contributed by atoms with Gasteiger partial charge in [0.15, 0.2) is 0 Å². The van der Waals surface area contributed by atoms with Crippen molar-refractivity contribution in [2.45, 2.75) is 13.8 Å². The topological polar surface area (TPSA) is 34.9 Å². The molecule has 0 aliphatic rings. The molecule has 2 rings (SSSR count). The summed E-state index contributed by atoms with van der Waals surface area (Å²) in [6, 6.07) is 4.96. The van der Waals surface area contributed by atoms with Crippen molar-refractivity contribution in [1.82, 2.24) is 9.78 Å². The fraction of sp³-hybridized carbons (Fsp3) is 0.167. The van der Waals surface area contributed by atoms with Crippen molar-refractivity contribution in [3.05, 3.63) is 52.9 Å². The Morgan fingerprint density at radius 1 is 1.24 bits per heavy atom. The maximum Gasteiger partial charge on any atom is 0.284 e. The van der Waals surface area contributed by atoms with Gasteiger partial charge in [-0.05, 0) is 32.0 Å². The minimum absolute atomic E-state index is 0.537. The predicted molar refractivity (Wildman–Crippen MR) is 57.8 cm³/mol. The Morgan fingerprint density at radius 3 is 2.29 bits per heavy atom. The van der Waals surface area contributed by atoms with E-state index in [0.717, 1.165) is 16.8 Å². The Balaban J connectivity index is 2.55. The summed E-state index contributed by atoms with van der Waals surface area (Å²) >= 11 is 0. The average molecular weight is 236 g/mol. The van der Waals surface area contributed by atoms with Gasteiger partial charge < -0.3 is 0 Å². The summed E-state index contributed by atoms with van der Waals surface area (Å²) in [5.74, 6) is -2.57. The molecule has 0 saturated heterocycles. The lowest BCUT2D eigenvalue weighted by Gasteiger charge is -2.05. The zero-order valence-electron chi connectivity index (χ0n) is 9.37. The van der Waals surface area contributed by atoms with Crippen molar-refractivity contribution >= 4 is 5.91 Å². The quantitative estimate of drug-likeness (QED) is 0.762. The molecule has 1 aromatic carbocycles. The molecular formula is C12H10F2N2O. The normalized spacial score (nSPS) is 10.6. The van der Waals surface area contributed by atoms with Crippen LogP contribution in [0.4, 0.5) is 8.78 Å². The third-order valence-corrected chi connectivity index (χ3v) is 2.38. The fourth-order valence-electron chi connectivity index (χ4n) is 1.64. The van der Waals surface area contributed by atoms with Gasteiger partial charge in [0.1, 0.15) is 17.2 Å². The van der Waals surface area contributed by atoms with Crippen LogP contribution in [0.25, 0.3) is 0 Å². The molecule has 0 bridgehead atoms. The van der Waals surface area contributed by atoms with E-state index in [1.807, 2.05) is 0 Å². The van der Waals surface area contributed by atoms with Crippen molar-refractivity contribution in [1.29, 1.82) is 0 Å². The van der Waals surface area contributed by atoms with Gasteiger partial charge >= 0.3 is 0 Å². The minimum atomic E-state index is -0.887. The van der Waals surface area contributed by atoms with Gasteiger partial charge in [-0.1, -0.05) is 6.07 Å². The Morgan fingerprint density at radius 2 is 1.82 bits per heavy atom. The highest BCUT2D eigenvalue weighted by Gasteiger charge is 2.20. The average Bonchev–Trinajstić information content (AvgIpc) is 2.57. The first-order chi connectivity index (χ1) is 8.00. The van der Waals surface area contributed by atoms with Crippen LogP contribution in [0.2, 0.25) is 0 Å². The van der Waals surface area contributed by atoms with E-state index < -0.39 is 23.1 Å². The highest BCUT2D eigenvalue weighted by molar-refractivity contribution is 5.96. The van der Waals surface area contributed by atoms with E-state index in [4.69, 9.17) is 0 Å². The molecule has 0 fully saturated rings. The Labute approximate surface area is 96.7 Å². The Bertz CT molecular complexity index is 570. The molecule has 1 aromatic heterocycles. The van der Waals surface area contributed by atoms with Crippen LogP contribution in [0.15, 0.2) is 24.3 Å². The highest BCUT2D eigenvalue weighted by atomic mass is 19.1. The van der Waals surface area contributed by atoms with Crippen molar-refractivity contribution in [3.8, 4) is 0 Å². The van der Waals surface area contributed by atoms with E-state index in [1.165, 1.54) is 6.07 Å². The van der Waals surface area contributed by atoms with Crippen LogP contribution in [0.3, 0.4) is 0 Å². The molecule has 5 heteroatoms. The molecule has 1 heterocycles. The van der Waals surface area contributed by atoms with Crippen LogP contribution in [0.5, 0.6) is 0 Å². The second-order valence-electron chi connectivity index (χ2n) is 3.74. The molecule has 0 aliphatic carbocycles. The van der Waals surface area contributed by atoms with E-state index in [-0.39, 0.29) is 0 Å². The Kier molecular flexibility index (Phi) is 2.75. The van der Waals surface area contributed by atoms with Crippen LogP contribution >= 0.6 is 0 Å². The molecule has 88 valence electrons. The van der Waals surface area contributed by atoms with Gasteiger partial charge in [0.2, 0.25) is 0 Å². The number of carbonyl (C=O) groups excluding carboxylic acids is 1. The van der Waals surface area contributed by atoms with Crippen molar-refractivity contribution in [2.24, 2.45) is 0 Å². The van der Waals surface area contributed by atoms with Gasteiger partial charge in [-0.3, -0.25) is 4.79 Å². The summed E-state index contributed by atoms with van der Waals surface area (Å²) in [6.45, 7) is 3.35. The second-order valence-corrected chi connectivity index (χ2v) is 3.74. The molecule has 0 atom stereocenters. The smallest absolute Gasteiger partial charge is 0.266 e. The van der Waals surface area contributed by atoms with Crippen LogP contribution in [0.1, 0.15) is 21.7 Å². The third kappa shape index (κ3) is 1.95. The molecule has 0 radical (unpaired) electrons. The number of aryl methyl sites for hydroxylation is 2. The summed E-state index contributed by atoms with van der Waals surface area (Å²) in [5, 5.41) is 3.90. The summed E-state index contributed by atoms with van der Waals surface area (Å²) in [4.78, 5) is 11.9. The molecule has 0 saturated carbocycles. The number of hydrogen-bond donors (Lipinski definition) is 0. The molecule has 0 unspecified atom stereocenters. The first-order valence-corrected chi connectivity index (χ1v) is 5.02. The van der Waals surface area contributed by atoms with Crippen molar-refractivity contribution in [2.75, 3.05) is 0 Å². The number of carbonyl (C=O) groups is 1. The summed E-state index contributed by atoms with van der Waals surface area (Å²) in [6.07, 6.45) is 0. The van der Waals surface area contributed by atoms with Gasteiger partial charge in [0.05, 0.1) is 5.69 Å². The zero-order chi connectivity index (χ0) is 12.6. The number of aromatic nitrogens is 2. The molecule has 0 amide bonds. The molecule has 0 spiro atoms. The molecule has 0 N–H and O–H groups in total. The minimum Gasteiger partial charge on any atom is -0.266 e. The van der Waals surface area contributed by atoms with Gasteiger partial charge in [-0.15, -0.1) is 0 Å². The molecule has 0 aliphatic heterocycles. The van der Waals surface area contributed by atoms with E-state index in [0.29, 0.717) is 11.4 Å². The lowest BCUT2D eigenvalue weighted by Crippen LogP contribution is -2.18. The maximum absolute atomic E-state index is 13.4. The number of nitrogens with zero attached hydrogens (tertiary/aromatic N) is 2. The van der Waals surface area contributed by atoms with Crippen molar-refractivity contribution in [3.63, 3.8) is 0 Å². The lowest BCUT2D eigenvalue weighted by molar-refractivity contribution is 0.0934. The second kappa shape index (κ2) is 4.08. The summed E-state index contributed by atoms with van der Waals surface area (Å²) < 4.78 is 27.8. The number of hydrogen-bond acceptors (Lipinski definition) is 2. The van der Waals surface area contributed by atoms with Crippen molar-refractivity contribution < 1.29 is 13.6 Å². The van der Waals surface area contributed by atoms with Crippen LogP contribution in [-0.4, -0.2) is 15.7 Å². The lowest BCUT2D eigenvalue weighted by atomic mass is 10.2. The number of benzene rings is 1. The maximum atomic E-state index is 13.4. The molecular weight excluding hydrogens is 226 g/mol. The Hall–Kier alpha value is -2.04. The monoisotopic (exact) mass is 236 g/mol. The van der Waals surface area contributed by atoms with Crippen LogP contribution < -0.4 is 0 Å². The van der Waals surface area contributed by atoms with Gasteiger partial charge in [-0.25, -0.2) is 13.5 Å². The number of halogens is 2. The van der Waals surface area contributed by atoms with E-state index in [1.54, 1.807) is 19.9 Å².